The lowest BCUT2D eigenvalue weighted by atomic mass is 9.96. The standard InChI is InChI=1S/C22H31N3O5S/c1-15(2)16-6-8-18(9-7-16)31(27,28)25-12-10-17(11-13-25)20(26)29-14-19-23-21(24-30-19)22(3,4)5/h6-9,15,17H,10-14H2,1-5H3. The summed E-state index contributed by atoms with van der Waals surface area (Å²) in [7, 11) is -3.57. The van der Waals surface area contributed by atoms with E-state index in [-0.39, 0.29) is 47.8 Å². The van der Waals surface area contributed by atoms with E-state index in [0.717, 1.165) is 5.56 Å². The zero-order chi connectivity index (χ0) is 22.8. The van der Waals surface area contributed by atoms with Gasteiger partial charge in [-0.25, -0.2) is 8.42 Å². The number of benzene rings is 1. The Balaban J connectivity index is 1.53. The summed E-state index contributed by atoms with van der Waals surface area (Å²) in [4.78, 5) is 17.0. The van der Waals surface area contributed by atoms with Crippen LogP contribution in [0.15, 0.2) is 33.7 Å². The summed E-state index contributed by atoms with van der Waals surface area (Å²) >= 11 is 0. The van der Waals surface area contributed by atoms with Crippen molar-refractivity contribution in [2.75, 3.05) is 13.1 Å². The molecule has 8 nitrogen and oxygen atoms in total. The van der Waals surface area contributed by atoms with E-state index in [1.165, 1.54) is 4.31 Å². The van der Waals surface area contributed by atoms with Crippen LogP contribution in [0, 0.1) is 5.92 Å². The van der Waals surface area contributed by atoms with Gasteiger partial charge in [0.2, 0.25) is 10.0 Å². The van der Waals surface area contributed by atoms with E-state index >= 15 is 0 Å². The van der Waals surface area contributed by atoms with Gasteiger partial charge < -0.3 is 9.26 Å². The van der Waals surface area contributed by atoms with Gasteiger partial charge in [0.1, 0.15) is 0 Å². The number of hydrogen-bond donors (Lipinski definition) is 0. The van der Waals surface area contributed by atoms with Crippen LogP contribution in [0.1, 0.15) is 70.7 Å². The Hall–Kier alpha value is -2.26. The molecule has 1 aromatic heterocycles. The molecule has 31 heavy (non-hydrogen) atoms. The molecule has 0 aliphatic carbocycles. The van der Waals surface area contributed by atoms with Crippen molar-refractivity contribution in [2.45, 2.75) is 70.3 Å². The quantitative estimate of drug-likeness (QED) is 0.620. The van der Waals surface area contributed by atoms with E-state index in [9.17, 15) is 13.2 Å². The van der Waals surface area contributed by atoms with Crippen LogP contribution in [0.5, 0.6) is 0 Å². The molecule has 0 bridgehead atoms. The van der Waals surface area contributed by atoms with Crippen LogP contribution in [-0.4, -0.2) is 41.9 Å². The lowest BCUT2D eigenvalue weighted by molar-refractivity contribution is -0.152. The topological polar surface area (TPSA) is 103 Å². The number of piperidine rings is 1. The summed E-state index contributed by atoms with van der Waals surface area (Å²) in [6.45, 7) is 10.5. The molecule has 1 aliphatic heterocycles. The number of rotatable bonds is 6. The van der Waals surface area contributed by atoms with Gasteiger partial charge in [-0.1, -0.05) is 51.9 Å². The summed E-state index contributed by atoms with van der Waals surface area (Å²) in [5.74, 6) is 0.431. The number of hydrogen-bond acceptors (Lipinski definition) is 7. The van der Waals surface area contributed by atoms with Crippen LogP contribution in [0.3, 0.4) is 0 Å². The molecule has 0 radical (unpaired) electrons. The van der Waals surface area contributed by atoms with E-state index < -0.39 is 10.0 Å². The van der Waals surface area contributed by atoms with E-state index in [2.05, 4.69) is 24.0 Å². The minimum Gasteiger partial charge on any atom is -0.455 e. The van der Waals surface area contributed by atoms with Crippen molar-refractivity contribution in [3.8, 4) is 0 Å². The number of aromatic nitrogens is 2. The Morgan fingerprint density at radius 2 is 1.81 bits per heavy atom. The van der Waals surface area contributed by atoms with Gasteiger partial charge >= 0.3 is 5.97 Å². The number of sulfonamides is 1. The first-order valence-electron chi connectivity index (χ1n) is 10.6. The molecule has 2 aromatic rings. The molecule has 0 N–H and O–H groups in total. The number of nitrogens with zero attached hydrogens (tertiary/aromatic N) is 3. The lowest BCUT2D eigenvalue weighted by Gasteiger charge is -2.30. The normalized spacial score (nSPS) is 16.6. The SMILES string of the molecule is CC(C)c1ccc(S(=O)(=O)N2CCC(C(=O)OCc3nc(C(C)(C)C)no3)CC2)cc1. The van der Waals surface area contributed by atoms with Gasteiger partial charge in [-0.15, -0.1) is 0 Å². The van der Waals surface area contributed by atoms with Crippen LogP contribution in [0.4, 0.5) is 0 Å². The number of ether oxygens (including phenoxy) is 1. The van der Waals surface area contributed by atoms with Gasteiger partial charge in [-0.3, -0.25) is 4.79 Å². The van der Waals surface area contributed by atoms with Gasteiger partial charge in [-0.2, -0.15) is 9.29 Å². The fraction of sp³-hybridized carbons (Fsp3) is 0.591. The maximum Gasteiger partial charge on any atom is 0.309 e. The monoisotopic (exact) mass is 449 g/mol. The van der Waals surface area contributed by atoms with E-state index in [1.807, 2.05) is 32.9 Å². The highest BCUT2D eigenvalue weighted by atomic mass is 32.2. The van der Waals surface area contributed by atoms with E-state index in [0.29, 0.717) is 24.6 Å². The minimum absolute atomic E-state index is 0.0807. The second-order valence-corrected chi connectivity index (χ2v) is 11.2. The van der Waals surface area contributed by atoms with Crippen molar-refractivity contribution in [3.63, 3.8) is 0 Å². The molecule has 0 spiro atoms. The average Bonchev–Trinajstić information content (AvgIpc) is 3.22. The molecule has 0 saturated carbocycles. The third-order valence-corrected chi connectivity index (χ3v) is 7.36. The molecule has 1 aliphatic rings. The predicted molar refractivity (Wildman–Crippen MR) is 115 cm³/mol. The second kappa shape index (κ2) is 9.08. The Morgan fingerprint density at radius 1 is 1.19 bits per heavy atom. The van der Waals surface area contributed by atoms with E-state index in [1.54, 1.807) is 12.1 Å². The molecular formula is C22H31N3O5S. The van der Waals surface area contributed by atoms with Crippen LogP contribution >= 0.6 is 0 Å². The molecule has 3 rings (SSSR count). The molecule has 170 valence electrons. The molecule has 0 amide bonds. The second-order valence-electron chi connectivity index (χ2n) is 9.27. The minimum atomic E-state index is -3.57. The lowest BCUT2D eigenvalue weighted by Crippen LogP contribution is -2.40. The zero-order valence-electron chi connectivity index (χ0n) is 18.8. The Bertz CT molecular complexity index is 999. The van der Waals surface area contributed by atoms with Gasteiger partial charge in [0, 0.05) is 18.5 Å². The summed E-state index contributed by atoms with van der Waals surface area (Å²) in [5.41, 5.74) is 0.843. The molecule has 0 unspecified atom stereocenters. The van der Waals surface area contributed by atoms with Crippen LogP contribution < -0.4 is 0 Å². The van der Waals surface area contributed by atoms with Gasteiger partial charge in [0.05, 0.1) is 10.8 Å². The maximum atomic E-state index is 12.9. The fourth-order valence-electron chi connectivity index (χ4n) is 3.37. The fourth-order valence-corrected chi connectivity index (χ4v) is 4.84. The number of esters is 1. The first kappa shape index (κ1) is 23.4. The van der Waals surface area contributed by atoms with Crippen molar-refractivity contribution in [1.29, 1.82) is 0 Å². The van der Waals surface area contributed by atoms with Gasteiger partial charge in [-0.05, 0) is 36.5 Å². The molecule has 1 saturated heterocycles. The molecule has 0 atom stereocenters. The third-order valence-electron chi connectivity index (χ3n) is 5.45. The summed E-state index contributed by atoms with van der Waals surface area (Å²) in [6, 6.07) is 7.01. The largest absolute Gasteiger partial charge is 0.455 e. The molecule has 1 aromatic carbocycles. The highest BCUT2D eigenvalue weighted by Gasteiger charge is 2.33. The van der Waals surface area contributed by atoms with Crippen molar-refractivity contribution in [2.24, 2.45) is 5.92 Å². The van der Waals surface area contributed by atoms with Crippen molar-refractivity contribution in [3.05, 3.63) is 41.5 Å². The zero-order valence-corrected chi connectivity index (χ0v) is 19.6. The van der Waals surface area contributed by atoms with E-state index in [4.69, 9.17) is 9.26 Å². The van der Waals surface area contributed by atoms with Crippen molar-refractivity contribution < 1.29 is 22.5 Å². The number of carbonyl (C=O) groups is 1. The van der Waals surface area contributed by atoms with Crippen LogP contribution in [0.2, 0.25) is 0 Å². The molecular weight excluding hydrogens is 418 g/mol. The van der Waals surface area contributed by atoms with Gasteiger partial charge in [0.25, 0.3) is 5.89 Å². The first-order chi connectivity index (χ1) is 14.5. The molecule has 9 heteroatoms. The maximum absolute atomic E-state index is 12.9. The first-order valence-corrected chi connectivity index (χ1v) is 12.0. The van der Waals surface area contributed by atoms with Crippen molar-refractivity contribution >= 4 is 16.0 Å². The third kappa shape index (κ3) is 5.51. The molecule has 1 fully saturated rings. The van der Waals surface area contributed by atoms with Crippen LogP contribution in [-0.2, 0) is 31.6 Å². The predicted octanol–water partition coefficient (Wildman–Crippen LogP) is 3.63. The number of carbonyl (C=O) groups excluding carboxylic acids is 1. The highest BCUT2D eigenvalue weighted by Crippen LogP contribution is 2.26. The molecule has 2 heterocycles. The van der Waals surface area contributed by atoms with Gasteiger partial charge in [0.15, 0.2) is 12.4 Å². The summed E-state index contributed by atoms with van der Waals surface area (Å²) < 4.78 is 37.7. The summed E-state index contributed by atoms with van der Waals surface area (Å²) in [6.07, 6.45) is 0.832. The summed E-state index contributed by atoms with van der Waals surface area (Å²) in [5, 5.41) is 3.91. The Morgan fingerprint density at radius 3 is 2.32 bits per heavy atom. The smallest absolute Gasteiger partial charge is 0.309 e. The van der Waals surface area contributed by atoms with Crippen LogP contribution in [0.25, 0.3) is 0 Å². The van der Waals surface area contributed by atoms with Crippen molar-refractivity contribution in [1.82, 2.24) is 14.4 Å². The average molecular weight is 450 g/mol. The Kier molecular flexibility index (Phi) is 6.85. The Labute approximate surface area is 184 Å². The highest BCUT2D eigenvalue weighted by molar-refractivity contribution is 7.89.